The van der Waals surface area contributed by atoms with Crippen LogP contribution in [0.15, 0.2) is 0 Å². The lowest BCUT2D eigenvalue weighted by molar-refractivity contribution is -0.141. The van der Waals surface area contributed by atoms with Gasteiger partial charge in [-0.3, -0.25) is 4.79 Å². The Morgan fingerprint density at radius 2 is 1.44 bits per heavy atom. The second kappa shape index (κ2) is 11.6. The van der Waals surface area contributed by atoms with Crippen molar-refractivity contribution >= 4 is 5.97 Å². The molecular weight excluding hydrogens is 224 g/mol. The van der Waals surface area contributed by atoms with Crippen molar-refractivity contribution in [1.29, 1.82) is 0 Å². The highest BCUT2D eigenvalue weighted by Crippen LogP contribution is 2.19. The van der Waals surface area contributed by atoms with Crippen LogP contribution in [0.5, 0.6) is 0 Å². The molecule has 2 unspecified atom stereocenters. The zero-order valence-corrected chi connectivity index (χ0v) is 12.6. The Bertz CT molecular complexity index is 201. The summed E-state index contributed by atoms with van der Waals surface area (Å²) in [7, 11) is 0. The number of carboxylic acid groups (broad SMARTS) is 1. The number of aliphatic carboxylic acids is 1. The van der Waals surface area contributed by atoms with Gasteiger partial charge in [-0.1, -0.05) is 78.6 Å². The molecule has 2 nitrogen and oxygen atoms in total. The van der Waals surface area contributed by atoms with E-state index >= 15 is 0 Å². The van der Waals surface area contributed by atoms with E-state index in [1.807, 2.05) is 6.92 Å². The third-order valence-corrected chi connectivity index (χ3v) is 3.73. The molecular formula is C16H32O2. The zero-order chi connectivity index (χ0) is 13.8. The van der Waals surface area contributed by atoms with Crippen molar-refractivity contribution in [2.75, 3.05) is 0 Å². The van der Waals surface area contributed by atoms with Crippen molar-refractivity contribution in [1.82, 2.24) is 0 Å². The van der Waals surface area contributed by atoms with Gasteiger partial charge in [0.25, 0.3) is 0 Å². The van der Waals surface area contributed by atoms with E-state index in [1.165, 1.54) is 57.8 Å². The molecule has 0 spiro atoms. The Morgan fingerprint density at radius 3 is 1.94 bits per heavy atom. The van der Waals surface area contributed by atoms with Crippen LogP contribution in [0.4, 0.5) is 0 Å². The highest BCUT2D eigenvalue weighted by Gasteiger charge is 2.14. The highest BCUT2D eigenvalue weighted by atomic mass is 16.4. The van der Waals surface area contributed by atoms with Crippen LogP contribution < -0.4 is 0 Å². The fourth-order valence-corrected chi connectivity index (χ4v) is 2.45. The van der Waals surface area contributed by atoms with Gasteiger partial charge in [0.15, 0.2) is 0 Å². The monoisotopic (exact) mass is 256 g/mol. The average Bonchev–Trinajstić information content (AvgIpc) is 2.32. The van der Waals surface area contributed by atoms with Crippen molar-refractivity contribution in [3.8, 4) is 0 Å². The minimum atomic E-state index is -0.655. The third kappa shape index (κ3) is 10.6. The zero-order valence-electron chi connectivity index (χ0n) is 12.6. The summed E-state index contributed by atoms with van der Waals surface area (Å²) in [6.07, 6.45) is 12.8. The summed E-state index contributed by atoms with van der Waals surface area (Å²) >= 11 is 0. The maximum Gasteiger partial charge on any atom is 0.306 e. The molecule has 0 fully saturated rings. The Hall–Kier alpha value is -0.530. The molecule has 0 bridgehead atoms. The van der Waals surface area contributed by atoms with Crippen LogP contribution >= 0.6 is 0 Å². The Morgan fingerprint density at radius 1 is 0.944 bits per heavy atom. The number of rotatable bonds is 12. The molecule has 0 aliphatic carbocycles. The van der Waals surface area contributed by atoms with E-state index in [1.54, 1.807) is 0 Å². The first-order valence-corrected chi connectivity index (χ1v) is 7.80. The third-order valence-electron chi connectivity index (χ3n) is 3.73. The Kier molecular flexibility index (Phi) is 11.2. The molecule has 0 radical (unpaired) electrons. The molecule has 0 saturated carbocycles. The summed E-state index contributed by atoms with van der Waals surface area (Å²) in [5, 5.41) is 8.84. The highest BCUT2D eigenvalue weighted by molar-refractivity contribution is 5.69. The van der Waals surface area contributed by atoms with Crippen LogP contribution in [0.1, 0.15) is 85.0 Å². The number of unbranched alkanes of at least 4 members (excludes halogenated alkanes) is 7. The fourth-order valence-electron chi connectivity index (χ4n) is 2.45. The van der Waals surface area contributed by atoms with Gasteiger partial charge >= 0.3 is 5.97 Å². The van der Waals surface area contributed by atoms with E-state index in [-0.39, 0.29) is 5.92 Å². The lowest BCUT2D eigenvalue weighted by Crippen LogP contribution is -2.13. The van der Waals surface area contributed by atoms with E-state index in [0.717, 1.165) is 6.42 Å². The topological polar surface area (TPSA) is 37.3 Å². The second-order valence-corrected chi connectivity index (χ2v) is 5.84. The molecule has 0 aliphatic rings. The van der Waals surface area contributed by atoms with Gasteiger partial charge in [-0.2, -0.15) is 0 Å². The van der Waals surface area contributed by atoms with Crippen LogP contribution in [0.2, 0.25) is 0 Å². The lowest BCUT2D eigenvalue weighted by Gasteiger charge is -2.13. The lowest BCUT2D eigenvalue weighted by atomic mass is 9.92. The normalized spacial score (nSPS) is 14.4. The molecule has 2 atom stereocenters. The second-order valence-electron chi connectivity index (χ2n) is 5.84. The summed E-state index contributed by atoms with van der Waals surface area (Å²) in [5.74, 6) is -0.289. The molecule has 0 saturated heterocycles. The van der Waals surface area contributed by atoms with Crippen LogP contribution in [0.3, 0.4) is 0 Å². The summed E-state index contributed by atoms with van der Waals surface area (Å²) in [6.45, 7) is 6.24. The molecule has 0 aromatic carbocycles. The van der Waals surface area contributed by atoms with Gasteiger partial charge < -0.3 is 5.11 Å². The maximum atomic E-state index is 10.7. The van der Waals surface area contributed by atoms with E-state index in [0.29, 0.717) is 5.92 Å². The van der Waals surface area contributed by atoms with Crippen molar-refractivity contribution in [2.24, 2.45) is 11.8 Å². The first-order valence-electron chi connectivity index (χ1n) is 7.80. The average molecular weight is 256 g/mol. The molecule has 0 aromatic rings. The quantitative estimate of drug-likeness (QED) is 0.483. The Balaban J connectivity index is 3.30. The number of carboxylic acids is 1. The standard InChI is InChI=1S/C16H32O2/c1-4-5-6-7-8-9-10-11-12-14(2)13-15(3)16(17)18/h14-15H,4-13H2,1-3H3,(H,17,18). The summed E-state index contributed by atoms with van der Waals surface area (Å²) in [4.78, 5) is 10.7. The van der Waals surface area contributed by atoms with Gasteiger partial charge in [-0.05, 0) is 12.3 Å². The number of hydrogen-bond acceptors (Lipinski definition) is 1. The minimum Gasteiger partial charge on any atom is -0.481 e. The largest absolute Gasteiger partial charge is 0.481 e. The Labute approximate surface area is 113 Å². The maximum absolute atomic E-state index is 10.7. The first-order chi connectivity index (χ1) is 8.57. The van der Waals surface area contributed by atoms with Crippen molar-refractivity contribution in [3.05, 3.63) is 0 Å². The van der Waals surface area contributed by atoms with Gasteiger partial charge in [0.1, 0.15) is 0 Å². The molecule has 0 heterocycles. The van der Waals surface area contributed by atoms with E-state index in [4.69, 9.17) is 5.11 Å². The van der Waals surface area contributed by atoms with Crippen LogP contribution in [0, 0.1) is 11.8 Å². The van der Waals surface area contributed by atoms with Crippen LogP contribution in [-0.2, 0) is 4.79 Å². The molecule has 2 heteroatoms. The minimum absolute atomic E-state index is 0.186. The molecule has 108 valence electrons. The van der Waals surface area contributed by atoms with E-state index < -0.39 is 5.97 Å². The molecule has 0 rings (SSSR count). The molecule has 1 N–H and O–H groups in total. The van der Waals surface area contributed by atoms with Gasteiger partial charge in [-0.15, -0.1) is 0 Å². The van der Waals surface area contributed by atoms with E-state index in [9.17, 15) is 4.79 Å². The van der Waals surface area contributed by atoms with Gasteiger partial charge in [0.2, 0.25) is 0 Å². The van der Waals surface area contributed by atoms with Crippen molar-refractivity contribution < 1.29 is 9.90 Å². The van der Waals surface area contributed by atoms with Crippen molar-refractivity contribution in [3.63, 3.8) is 0 Å². The van der Waals surface area contributed by atoms with Crippen LogP contribution in [-0.4, -0.2) is 11.1 Å². The molecule has 0 amide bonds. The van der Waals surface area contributed by atoms with Crippen LogP contribution in [0.25, 0.3) is 0 Å². The van der Waals surface area contributed by atoms with E-state index in [2.05, 4.69) is 13.8 Å². The SMILES string of the molecule is CCCCCCCCCCC(C)CC(C)C(=O)O. The number of hydrogen-bond donors (Lipinski definition) is 1. The van der Waals surface area contributed by atoms with Gasteiger partial charge in [0, 0.05) is 0 Å². The van der Waals surface area contributed by atoms with Gasteiger partial charge in [0.05, 0.1) is 5.92 Å². The molecule has 18 heavy (non-hydrogen) atoms. The van der Waals surface area contributed by atoms with Gasteiger partial charge in [-0.25, -0.2) is 0 Å². The predicted molar refractivity (Wildman–Crippen MR) is 77.8 cm³/mol. The van der Waals surface area contributed by atoms with Crippen molar-refractivity contribution in [2.45, 2.75) is 85.0 Å². The summed E-state index contributed by atoms with van der Waals surface area (Å²) in [5.41, 5.74) is 0. The number of carbonyl (C=O) groups is 1. The molecule has 0 aliphatic heterocycles. The first kappa shape index (κ1) is 17.5. The predicted octanol–water partition coefficient (Wildman–Crippen LogP) is 5.26. The summed E-state index contributed by atoms with van der Waals surface area (Å²) < 4.78 is 0. The smallest absolute Gasteiger partial charge is 0.306 e. The fraction of sp³-hybridized carbons (Fsp3) is 0.938. The molecule has 0 aromatic heterocycles. The summed E-state index contributed by atoms with van der Waals surface area (Å²) in [6, 6.07) is 0.